The Morgan fingerprint density at radius 1 is 1.38 bits per heavy atom. The summed E-state index contributed by atoms with van der Waals surface area (Å²) in [6, 6.07) is 7.61. The van der Waals surface area contributed by atoms with Gasteiger partial charge in [-0.3, -0.25) is 0 Å². The molecule has 0 unspecified atom stereocenters. The number of nitrogens with one attached hydrogen (secondary N) is 1. The molecule has 1 aromatic rings. The van der Waals surface area contributed by atoms with Crippen LogP contribution in [0.25, 0.3) is 0 Å². The van der Waals surface area contributed by atoms with Crippen LogP contribution in [0.5, 0.6) is 0 Å². The third-order valence-electron chi connectivity index (χ3n) is 4.57. The lowest BCUT2D eigenvalue weighted by atomic mass is 9.81. The van der Waals surface area contributed by atoms with Crippen molar-refractivity contribution < 1.29 is 9.53 Å². The maximum atomic E-state index is 12.5. The van der Waals surface area contributed by atoms with E-state index in [4.69, 9.17) is 16.3 Å². The fourth-order valence-electron chi connectivity index (χ4n) is 3.29. The first kappa shape index (κ1) is 19.1. The van der Waals surface area contributed by atoms with E-state index in [1.807, 2.05) is 31.2 Å². The zero-order valence-corrected chi connectivity index (χ0v) is 15.9. The fraction of sp³-hybridized carbons (Fsp3) is 0.632. The smallest absolute Gasteiger partial charge is 0.317 e. The van der Waals surface area contributed by atoms with Gasteiger partial charge < -0.3 is 15.0 Å². The third-order valence-corrected chi connectivity index (χ3v) is 4.94. The first-order valence-corrected chi connectivity index (χ1v) is 9.08. The minimum atomic E-state index is -0.0445. The van der Waals surface area contributed by atoms with Crippen molar-refractivity contribution in [3.63, 3.8) is 0 Å². The summed E-state index contributed by atoms with van der Waals surface area (Å²) in [5, 5.41) is 3.78. The molecule has 1 aliphatic heterocycles. The van der Waals surface area contributed by atoms with Gasteiger partial charge in [0.05, 0.1) is 6.10 Å². The van der Waals surface area contributed by atoms with Gasteiger partial charge in [-0.25, -0.2) is 4.79 Å². The van der Waals surface area contributed by atoms with Crippen LogP contribution < -0.4 is 5.32 Å². The number of hydrogen-bond donors (Lipinski definition) is 1. The summed E-state index contributed by atoms with van der Waals surface area (Å²) in [7, 11) is 0. The van der Waals surface area contributed by atoms with E-state index in [9.17, 15) is 4.79 Å². The van der Waals surface area contributed by atoms with Gasteiger partial charge in [-0.2, -0.15) is 0 Å². The molecule has 1 aliphatic rings. The maximum Gasteiger partial charge on any atom is 0.317 e. The zero-order valence-electron chi connectivity index (χ0n) is 15.1. The van der Waals surface area contributed by atoms with Gasteiger partial charge in [-0.15, -0.1) is 0 Å². The van der Waals surface area contributed by atoms with Crippen LogP contribution in [0.3, 0.4) is 0 Å². The second-order valence-corrected chi connectivity index (χ2v) is 7.91. The largest absolute Gasteiger partial charge is 0.377 e. The quantitative estimate of drug-likeness (QED) is 0.857. The Morgan fingerprint density at radius 3 is 2.71 bits per heavy atom. The highest BCUT2D eigenvalue weighted by atomic mass is 35.5. The summed E-state index contributed by atoms with van der Waals surface area (Å²) in [5.74, 6) is 0.368. The molecule has 0 aliphatic carbocycles. The van der Waals surface area contributed by atoms with Crippen molar-refractivity contribution in [2.45, 2.75) is 46.8 Å². The molecule has 2 rings (SSSR count). The van der Waals surface area contributed by atoms with Crippen molar-refractivity contribution in [2.75, 3.05) is 19.7 Å². The number of carbonyl (C=O) groups excluding carboxylic acids is 1. The molecule has 1 heterocycles. The van der Waals surface area contributed by atoms with Crippen molar-refractivity contribution in [3.8, 4) is 0 Å². The molecule has 1 aromatic carbocycles. The highest BCUT2D eigenvalue weighted by Gasteiger charge is 2.37. The number of halogens is 1. The molecule has 2 atom stereocenters. The molecular weight excluding hydrogens is 324 g/mol. The SMILES string of the molecule is CCN(Cc1ccccc1Cl)C(=O)NC[C@H]1CCO[C@@H]1C(C)(C)C. The van der Waals surface area contributed by atoms with E-state index in [1.54, 1.807) is 4.90 Å². The Bertz CT molecular complexity index is 557. The molecule has 2 amide bonds. The van der Waals surface area contributed by atoms with Crippen molar-refractivity contribution in [1.82, 2.24) is 10.2 Å². The Labute approximate surface area is 150 Å². The molecule has 0 bridgehead atoms. The van der Waals surface area contributed by atoms with Gasteiger partial charge in [0.15, 0.2) is 0 Å². The van der Waals surface area contributed by atoms with E-state index < -0.39 is 0 Å². The molecule has 4 nitrogen and oxygen atoms in total. The number of benzene rings is 1. The minimum Gasteiger partial charge on any atom is -0.377 e. The van der Waals surface area contributed by atoms with Crippen LogP contribution in [0.2, 0.25) is 5.02 Å². The Morgan fingerprint density at radius 2 is 2.08 bits per heavy atom. The number of carbonyl (C=O) groups is 1. The summed E-state index contributed by atoms with van der Waals surface area (Å²) < 4.78 is 5.88. The normalized spacial score (nSPS) is 20.9. The molecule has 1 fully saturated rings. The Kier molecular flexibility index (Phi) is 6.53. The van der Waals surface area contributed by atoms with E-state index in [-0.39, 0.29) is 17.6 Å². The van der Waals surface area contributed by atoms with Crippen molar-refractivity contribution in [3.05, 3.63) is 34.9 Å². The third kappa shape index (κ3) is 4.87. The van der Waals surface area contributed by atoms with E-state index in [0.29, 0.717) is 30.6 Å². The van der Waals surface area contributed by atoms with Gasteiger partial charge in [0.25, 0.3) is 0 Å². The van der Waals surface area contributed by atoms with Crippen molar-refractivity contribution >= 4 is 17.6 Å². The second-order valence-electron chi connectivity index (χ2n) is 7.50. The zero-order chi connectivity index (χ0) is 17.7. The predicted octanol–water partition coefficient (Wildman–Crippen LogP) is 4.32. The van der Waals surface area contributed by atoms with Crippen molar-refractivity contribution in [2.24, 2.45) is 11.3 Å². The highest BCUT2D eigenvalue weighted by Crippen LogP contribution is 2.34. The van der Waals surface area contributed by atoms with Crippen LogP contribution in [0, 0.1) is 11.3 Å². The molecular formula is C19H29ClN2O2. The molecule has 5 heteroatoms. The van der Waals surface area contributed by atoms with Crippen LogP contribution in [-0.4, -0.2) is 36.7 Å². The van der Waals surface area contributed by atoms with E-state index in [2.05, 4.69) is 26.1 Å². The second kappa shape index (κ2) is 8.21. The molecule has 0 spiro atoms. The van der Waals surface area contributed by atoms with Gasteiger partial charge >= 0.3 is 6.03 Å². The monoisotopic (exact) mass is 352 g/mol. The lowest BCUT2D eigenvalue weighted by molar-refractivity contribution is 0.00754. The summed E-state index contributed by atoms with van der Waals surface area (Å²) >= 11 is 6.21. The molecule has 1 saturated heterocycles. The van der Waals surface area contributed by atoms with Gasteiger partial charge in [-0.05, 0) is 30.4 Å². The first-order valence-electron chi connectivity index (χ1n) is 8.70. The van der Waals surface area contributed by atoms with Crippen LogP contribution in [0.4, 0.5) is 4.79 Å². The number of nitrogens with zero attached hydrogens (tertiary/aromatic N) is 1. The molecule has 0 radical (unpaired) electrons. The van der Waals surface area contributed by atoms with E-state index >= 15 is 0 Å². The molecule has 0 saturated carbocycles. The Hall–Kier alpha value is -1.26. The summed E-state index contributed by atoms with van der Waals surface area (Å²) in [5.41, 5.74) is 1.06. The maximum absolute atomic E-state index is 12.5. The fourth-order valence-corrected chi connectivity index (χ4v) is 3.49. The number of urea groups is 1. The standard InChI is InChI=1S/C19H29ClN2O2/c1-5-22(13-15-8-6-7-9-16(15)20)18(23)21-12-14-10-11-24-17(14)19(2,3)4/h6-9,14,17H,5,10-13H2,1-4H3,(H,21,23)/t14-,17+/m1/s1. The summed E-state index contributed by atoms with van der Waals surface area (Å²) in [4.78, 5) is 14.3. The molecule has 0 aromatic heterocycles. The van der Waals surface area contributed by atoms with Crippen LogP contribution >= 0.6 is 11.6 Å². The highest BCUT2D eigenvalue weighted by molar-refractivity contribution is 6.31. The topological polar surface area (TPSA) is 41.6 Å². The molecule has 24 heavy (non-hydrogen) atoms. The minimum absolute atomic E-state index is 0.0445. The lowest BCUT2D eigenvalue weighted by Crippen LogP contribution is -2.44. The number of hydrogen-bond acceptors (Lipinski definition) is 2. The van der Waals surface area contributed by atoms with Crippen LogP contribution in [0.1, 0.15) is 39.7 Å². The first-order chi connectivity index (χ1) is 11.3. The summed E-state index contributed by atoms with van der Waals surface area (Å²) in [6.07, 6.45) is 1.19. The van der Waals surface area contributed by atoms with E-state index in [1.165, 1.54) is 0 Å². The van der Waals surface area contributed by atoms with Gasteiger partial charge in [0, 0.05) is 37.2 Å². The van der Waals surface area contributed by atoms with E-state index in [0.717, 1.165) is 18.6 Å². The molecule has 134 valence electrons. The van der Waals surface area contributed by atoms with Crippen LogP contribution in [-0.2, 0) is 11.3 Å². The van der Waals surface area contributed by atoms with Crippen molar-refractivity contribution in [1.29, 1.82) is 0 Å². The lowest BCUT2D eigenvalue weighted by Gasteiger charge is -2.31. The average Bonchev–Trinajstić information content (AvgIpc) is 3.00. The average molecular weight is 353 g/mol. The molecule has 1 N–H and O–H groups in total. The van der Waals surface area contributed by atoms with Crippen LogP contribution in [0.15, 0.2) is 24.3 Å². The van der Waals surface area contributed by atoms with Gasteiger partial charge in [0.1, 0.15) is 0 Å². The van der Waals surface area contributed by atoms with Gasteiger partial charge in [-0.1, -0.05) is 50.6 Å². The summed E-state index contributed by atoms with van der Waals surface area (Å²) in [6.45, 7) is 11.1. The number of rotatable bonds is 5. The Balaban J connectivity index is 1.91. The van der Waals surface area contributed by atoms with Gasteiger partial charge in [0.2, 0.25) is 0 Å². The predicted molar refractivity (Wildman–Crippen MR) is 98.2 cm³/mol. The number of ether oxygens (including phenoxy) is 1. The number of amides is 2.